The Morgan fingerprint density at radius 3 is 2.42 bits per heavy atom. The molecule has 0 unspecified atom stereocenters. The van der Waals surface area contributed by atoms with Crippen LogP contribution in [0.4, 0.5) is 4.79 Å². The number of urea groups is 1. The van der Waals surface area contributed by atoms with E-state index in [9.17, 15) is 9.59 Å². The molecule has 2 aromatic rings. The molecule has 6 heteroatoms. The lowest BCUT2D eigenvalue weighted by atomic mass is 9.92. The second kappa shape index (κ2) is 5.97. The minimum atomic E-state index is -1.14. The molecule has 1 heterocycles. The summed E-state index contributed by atoms with van der Waals surface area (Å²) in [6.07, 6.45) is 1.41. The fourth-order valence-corrected chi connectivity index (χ4v) is 2.46. The lowest BCUT2D eigenvalue weighted by molar-refractivity contribution is -0.131. The van der Waals surface area contributed by atoms with Crippen LogP contribution in [0.2, 0.25) is 0 Å². The predicted octanol–water partition coefficient (Wildman–Crippen LogP) is 2.36. The van der Waals surface area contributed by atoms with Crippen LogP contribution in [-0.4, -0.2) is 23.2 Å². The van der Waals surface area contributed by atoms with E-state index in [0.717, 1.165) is 5.01 Å². The maximum Gasteiger partial charge on any atom is 0.346 e. The van der Waals surface area contributed by atoms with Crippen molar-refractivity contribution in [2.45, 2.75) is 12.5 Å². The Kier molecular flexibility index (Phi) is 3.84. The number of nitriles is 1. The number of rotatable bonds is 3. The van der Waals surface area contributed by atoms with Gasteiger partial charge in [-0.25, -0.2) is 4.79 Å². The largest absolute Gasteiger partial charge is 0.346 e. The van der Waals surface area contributed by atoms with Crippen LogP contribution in [0.5, 0.6) is 0 Å². The Labute approximate surface area is 139 Å². The van der Waals surface area contributed by atoms with Crippen molar-refractivity contribution < 1.29 is 9.59 Å². The standard InChI is InChI=1S/C18H14N4O2/c1-18(15-5-3-2-4-6-15)16(23)22(17(24)21-18)20-12-14-9-7-13(11-19)8-10-14/h2-10,12H,1H3,(H,21,24)/b20-12-/t18-/m1/s1. The van der Waals surface area contributed by atoms with Gasteiger partial charge >= 0.3 is 6.03 Å². The molecular weight excluding hydrogens is 304 g/mol. The van der Waals surface area contributed by atoms with Gasteiger partial charge in [0, 0.05) is 0 Å². The summed E-state index contributed by atoms with van der Waals surface area (Å²) >= 11 is 0. The van der Waals surface area contributed by atoms with Crippen LogP contribution >= 0.6 is 0 Å². The van der Waals surface area contributed by atoms with Crippen LogP contribution in [0, 0.1) is 11.3 Å². The molecule has 1 atom stereocenters. The van der Waals surface area contributed by atoms with Crippen LogP contribution in [0.3, 0.4) is 0 Å². The topological polar surface area (TPSA) is 85.6 Å². The fourth-order valence-electron chi connectivity index (χ4n) is 2.46. The zero-order valence-electron chi connectivity index (χ0n) is 12.9. The number of amides is 3. The van der Waals surface area contributed by atoms with Crippen molar-refractivity contribution in [1.29, 1.82) is 5.26 Å². The minimum Gasteiger partial charge on any atom is -0.318 e. The molecule has 0 bridgehead atoms. The van der Waals surface area contributed by atoms with E-state index in [0.29, 0.717) is 16.7 Å². The molecule has 1 aliphatic heterocycles. The monoisotopic (exact) mass is 318 g/mol. The first-order valence-electron chi connectivity index (χ1n) is 7.31. The van der Waals surface area contributed by atoms with E-state index < -0.39 is 17.5 Å². The van der Waals surface area contributed by atoms with E-state index in [4.69, 9.17) is 5.26 Å². The molecule has 24 heavy (non-hydrogen) atoms. The molecular formula is C18H14N4O2. The first-order valence-corrected chi connectivity index (χ1v) is 7.31. The number of imide groups is 1. The van der Waals surface area contributed by atoms with E-state index in [2.05, 4.69) is 10.4 Å². The third-order valence-electron chi connectivity index (χ3n) is 3.88. The van der Waals surface area contributed by atoms with Crippen molar-refractivity contribution >= 4 is 18.2 Å². The van der Waals surface area contributed by atoms with E-state index in [1.54, 1.807) is 43.3 Å². The van der Waals surface area contributed by atoms with Crippen LogP contribution in [0.15, 0.2) is 59.7 Å². The van der Waals surface area contributed by atoms with Crippen LogP contribution in [0.25, 0.3) is 0 Å². The van der Waals surface area contributed by atoms with Crippen molar-refractivity contribution in [3.05, 3.63) is 71.3 Å². The van der Waals surface area contributed by atoms with E-state index >= 15 is 0 Å². The van der Waals surface area contributed by atoms with Crippen molar-refractivity contribution in [3.63, 3.8) is 0 Å². The zero-order chi connectivity index (χ0) is 17.2. The normalized spacial score (nSPS) is 20.2. The van der Waals surface area contributed by atoms with Crippen molar-refractivity contribution in [2.24, 2.45) is 5.10 Å². The molecule has 0 aromatic heterocycles. The highest BCUT2D eigenvalue weighted by molar-refractivity contribution is 6.07. The maximum atomic E-state index is 12.6. The van der Waals surface area contributed by atoms with Gasteiger partial charge in [0.25, 0.3) is 5.91 Å². The van der Waals surface area contributed by atoms with Gasteiger partial charge in [-0.05, 0) is 30.2 Å². The van der Waals surface area contributed by atoms with Crippen molar-refractivity contribution in [2.75, 3.05) is 0 Å². The van der Waals surface area contributed by atoms with Gasteiger partial charge in [-0.15, -0.1) is 5.01 Å². The Morgan fingerprint density at radius 2 is 1.79 bits per heavy atom. The number of carbonyl (C=O) groups is 2. The third-order valence-corrected chi connectivity index (χ3v) is 3.88. The third kappa shape index (κ3) is 2.63. The molecule has 1 N–H and O–H groups in total. The first kappa shape index (κ1) is 15.4. The number of carbonyl (C=O) groups excluding carboxylic acids is 2. The average Bonchev–Trinajstić information content (AvgIpc) is 2.84. The Bertz CT molecular complexity index is 853. The molecule has 0 aliphatic carbocycles. The van der Waals surface area contributed by atoms with Crippen molar-refractivity contribution in [1.82, 2.24) is 10.3 Å². The smallest absolute Gasteiger partial charge is 0.318 e. The second-order valence-corrected chi connectivity index (χ2v) is 5.52. The van der Waals surface area contributed by atoms with Gasteiger partial charge in [-0.1, -0.05) is 42.5 Å². The molecule has 1 saturated heterocycles. The van der Waals surface area contributed by atoms with Gasteiger partial charge < -0.3 is 5.32 Å². The average molecular weight is 318 g/mol. The second-order valence-electron chi connectivity index (χ2n) is 5.52. The number of nitrogens with one attached hydrogen (secondary N) is 1. The van der Waals surface area contributed by atoms with Gasteiger partial charge in [0.2, 0.25) is 0 Å². The molecule has 118 valence electrons. The molecule has 2 aromatic carbocycles. The van der Waals surface area contributed by atoms with E-state index in [-0.39, 0.29) is 0 Å². The Morgan fingerprint density at radius 1 is 1.12 bits per heavy atom. The molecule has 6 nitrogen and oxygen atoms in total. The van der Waals surface area contributed by atoms with Crippen LogP contribution in [-0.2, 0) is 10.3 Å². The summed E-state index contributed by atoms with van der Waals surface area (Å²) in [7, 11) is 0. The highest BCUT2D eigenvalue weighted by atomic mass is 16.2. The summed E-state index contributed by atoms with van der Waals surface area (Å²) in [4.78, 5) is 24.8. The molecule has 3 amide bonds. The van der Waals surface area contributed by atoms with Crippen LogP contribution in [0.1, 0.15) is 23.6 Å². The summed E-state index contributed by atoms with van der Waals surface area (Å²) in [5, 5.41) is 16.3. The number of hydrazone groups is 1. The lowest BCUT2D eigenvalue weighted by Crippen LogP contribution is -2.40. The van der Waals surface area contributed by atoms with Gasteiger partial charge in [0.15, 0.2) is 0 Å². The number of hydrogen-bond acceptors (Lipinski definition) is 4. The maximum absolute atomic E-state index is 12.6. The highest BCUT2D eigenvalue weighted by Crippen LogP contribution is 2.28. The molecule has 1 aliphatic rings. The van der Waals surface area contributed by atoms with Gasteiger partial charge in [-0.2, -0.15) is 10.4 Å². The SMILES string of the molecule is C[C@]1(c2ccccc2)NC(=O)N(/N=C\c2ccc(C#N)cc2)C1=O. The Hall–Kier alpha value is -3.46. The van der Waals surface area contributed by atoms with Gasteiger partial charge in [-0.3, -0.25) is 4.79 Å². The van der Waals surface area contributed by atoms with E-state index in [1.807, 2.05) is 24.3 Å². The number of benzene rings is 2. The lowest BCUT2D eigenvalue weighted by Gasteiger charge is -2.20. The van der Waals surface area contributed by atoms with Gasteiger partial charge in [0.05, 0.1) is 17.8 Å². The molecule has 0 saturated carbocycles. The fraction of sp³-hybridized carbons (Fsp3) is 0.111. The Balaban J connectivity index is 1.84. The summed E-state index contributed by atoms with van der Waals surface area (Å²) in [5.41, 5.74) is 0.765. The quantitative estimate of drug-likeness (QED) is 0.696. The van der Waals surface area contributed by atoms with Gasteiger partial charge in [0.1, 0.15) is 5.54 Å². The molecule has 0 spiro atoms. The minimum absolute atomic E-state index is 0.441. The first-order chi connectivity index (χ1) is 11.5. The van der Waals surface area contributed by atoms with Crippen molar-refractivity contribution in [3.8, 4) is 6.07 Å². The molecule has 1 fully saturated rings. The molecule has 3 rings (SSSR count). The summed E-state index contributed by atoms with van der Waals surface area (Å²) in [5.74, 6) is -0.441. The summed E-state index contributed by atoms with van der Waals surface area (Å²) < 4.78 is 0. The zero-order valence-corrected chi connectivity index (χ0v) is 12.9. The van der Waals surface area contributed by atoms with E-state index in [1.165, 1.54) is 6.21 Å². The summed E-state index contributed by atoms with van der Waals surface area (Å²) in [6.45, 7) is 1.65. The number of hydrogen-bond donors (Lipinski definition) is 1. The molecule has 0 radical (unpaired) electrons. The van der Waals surface area contributed by atoms with Crippen LogP contribution < -0.4 is 5.32 Å². The summed E-state index contributed by atoms with van der Waals surface area (Å²) in [6, 6.07) is 17.1. The number of nitrogens with zero attached hydrogens (tertiary/aromatic N) is 3. The highest BCUT2D eigenvalue weighted by Gasteiger charge is 2.49. The predicted molar refractivity (Wildman–Crippen MR) is 87.9 cm³/mol.